The van der Waals surface area contributed by atoms with Gasteiger partial charge in [-0.1, -0.05) is 36.4 Å². The highest BCUT2D eigenvalue weighted by molar-refractivity contribution is 6.23. The van der Waals surface area contributed by atoms with Gasteiger partial charge in [0.15, 0.2) is 11.9 Å². The van der Waals surface area contributed by atoms with Gasteiger partial charge in [0.1, 0.15) is 6.04 Å². The number of nitrogens with one attached hydrogen (secondary N) is 3. The topological polar surface area (TPSA) is 177 Å². The highest BCUT2D eigenvalue weighted by Crippen LogP contribution is 2.32. The molecule has 1 aromatic heterocycles. The second-order valence-corrected chi connectivity index (χ2v) is 13.8. The number of benzene rings is 3. The molecular formula is C39H38N8O7. The van der Waals surface area contributed by atoms with Gasteiger partial charge in [0.25, 0.3) is 23.6 Å². The van der Waals surface area contributed by atoms with Crippen molar-refractivity contribution in [1.82, 2.24) is 30.2 Å². The molecule has 2 atom stereocenters. The molecule has 8 rings (SSSR count). The number of carbonyl (C=O) groups excluding carboxylic acids is 6. The number of aromatic nitrogens is 2. The molecule has 15 nitrogen and oxygen atoms in total. The van der Waals surface area contributed by atoms with Crippen LogP contribution in [-0.4, -0.2) is 99.7 Å². The number of piperidine rings is 1. The molecule has 0 saturated carbocycles. The molecule has 0 aliphatic carbocycles. The van der Waals surface area contributed by atoms with Crippen LogP contribution in [-0.2, 0) is 38.8 Å². The lowest BCUT2D eigenvalue weighted by Crippen LogP contribution is -2.54. The van der Waals surface area contributed by atoms with E-state index < -0.39 is 35.8 Å². The maximum Gasteiger partial charge on any atom is 0.262 e. The second kappa shape index (κ2) is 14.3. The first-order valence-electron chi connectivity index (χ1n) is 17.8. The van der Waals surface area contributed by atoms with Crippen molar-refractivity contribution < 1.29 is 33.5 Å². The number of rotatable bonds is 9. The summed E-state index contributed by atoms with van der Waals surface area (Å²) in [6.45, 7) is 4.24. The molecule has 5 heterocycles. The van der Waals surface area contributed by atoms with E-state index in [9.17, 15) is 28.8 Å². The smallest absolute Gasteiger partial charge is 0.262 e. The molecule has 2 saturated heterocycles. The van der Waals surface area contributed by atoms with E-state index in [4.69, 9.17) is 4.74 Å². The maximum atomic E-state index is 13.3. The second-order valence-electron chi connectivity index (χ2n) is 13.8. The number of hydrogen-bond donors (Lipinski definition) is 3. The standard InChI is InChI=1S/C39H38N8O7/c1-54-33(24-5-3-2-4-6-24)39(53)46-21-29-30(22-46)42-43-34(29)41-35(49)25-8-10-26(11-9-25)45-17-15-44(16-18-45)20-23-7-12-27-28(19-23)38(52)47(37(27)51)31-13-14-32(48)40-36(31)50/h2-12,19,31,33H,13-18,20-22H2,1H3,(H,40,48,50)(H2,41,42,43,49)/t31?,33-/m1/s1. The lowest BCUT2D eigenvalue weighted by atomic mass is 10.0. The first-order chi connectivity index (χ1) is 26.2. The van der Waals surface area contributed by atoms with E-state index in [1.54, 1.807) is 29.2 Å². The van der Waals surface area contributed by atoms with Crippen LogP contribution in [0.15, 0.2) is 72.8 Å². The third kappa shape index (κ3) is 6.52. The van der Waals surface area contributed by atoms with Gasteiger partial charge in [-0.15, -0.1) is 0 Å². The first kappa shape index (κ1) is 34.9. The number of piperazine rings is 1. The van der Waals surface area contributed by atoms with Crippen LogP contribution in [0.4, 0.5) is 11.5 Å². The van der Waals surface area contributed by atoms with Gasteiger partial charge in [-0.05, 0) is 53.9 Å². The highest BCUT2D eigenvalue weighted by Gasteiger charge is 2.44. The number of anilines is 2. The molecule has 4 aromatic rings. The summed E-state index contributed by atoms with van der Waals surface area (Å²) in [4.78, 5) is 84.0. The van der Waals surface area contributed by atoms with Gasteiger partial charge in [0.05, 0.1) is 29.9 Å². The average Bonchev–Trinajstić information content (AvgIpc) is 3.85. The molecule has 4 aliphatic rings. The summed E-state index contributed by atoms with van der Waals surface area (Å²) in [5.41, 5.74) is 5.20. The minimum absolute atomic E-state index is 0.0742. The molecule has 15 heteroatoms. The molecule has 54 heavy (non-hydrogen) atoms. The van der Waals surface area contributed by atoms with Gasteiger partial charge in [-0.2, -0.15) is 5.10 Å². The number of hydrogen-bond acceptors (Lipinski definition) is 10. The maximum absolute atomic E-state index is 13.3. The first-order valence-corrected chi connectivity index (χ1v) is 17.8. The number of amides is 6. The largest absolute Gasteiger partial charge is 0.369 e. The highest BCUT2D eigenvalue weighted by atomic mass is 16.5. The Morgan fingerprint density at radius 1 is 0.907 bits per heavy atom. The van der Waals surface area contributed by atoms with Crippen LogP contribution < -0.4 is 15.5 Å². The number of methoxy groups -OCH3 is 1. The number of nitrogens with zero attached hydrogens (tertiary/aromatic N) is 5. The molecule has 0 bridgehead atoms. The number of imide groups is 2. The van der Waals surface area contributed by atoms with E-state index in [0.29, 0.717) is 31.0 Å². The fraction of sp³-hybridized carbons (Fsp3) is 0.308. The van der Waals surface area contributed by atoms with Crippen LogP contribution in [0, 0.1) is 0 Å². The van der Waals surface area contributed by atoms with Crippen molar-refractivity contribution in [3.8, 4) is 0 Å². The SMILES string of the molecule is CO[C@@H](C(=O)N1Cc2[nH]nc(NC(=O)c3ccc(N4CCN(Cc5ccc6c(c5)C(=O)N(C5CCC(=O)NC5=O)C6=O)CC4)cc3)c2C1)c1ccccc1. The summed E-state index contributed by atoms with van der Waals surface area (Å²) in [5, 5.41) is 12.4. The van der Waals surface area contributed by atoms with E-state index in [0.717, 1.165) is 59.2 Å². The number of ether oxygens (including phenoxy) is 1. The fourth-order valence-electron chi connectivity index (χ4n) is 7.61. The summed E-state index contributed by atoms with van der Waals surface area (Å²) >= 11 is 0. The lowest BCUT2D eigenvalue weighted by molar-refractivity contribution is -0.143. The zero-order valence-electron chi connectivity index (χ0n) is 29.5. The van der Waals surface area contributed by atoms with E-state index in [-0.39, 0.29) is 35.8 Å². The van der Waals surface area contributed by atoms with E-state index >= 15 is 0 Å². The number of carbonyl (C=O) groups is 6. The van der Waals surface area contributed by atoms with Crippen molar-refractivity contribution in [1.29, 1.82) is 0 Å². The lowest BCUT2D eigenvalue weighted by Gasteiger charge is -2.36. The number of aromatic amines is 1. The molecule has 3 aromatic carbocycles. The Hall–Kier alpha value is -6.19. The van der Waals surface area contributed by atoms with Crippen LogP contribution in [0.3, 0.4) is 0 Å². The molecule has 3 N–H and O–H groups in total. The van der Waals surface area contributed by atoms with Crippen LogP contribution in [0.1, 0.15) is 72.4 Å². The van der Waals surface area contributed by atoms with Gasteiger partial charge in [0.2, 0.25) is 11.8 Å². The van der Waals surface area contributed by atoms with Crippen molar-refractivity contribution in [2.45, 2.75) is 44.6 Å². The summed E-state index contributed by atoms with van der Waals surface area (Å²) in [7, 11) is 1.51. The predicted octanol–water partition coefficient (Wildman–Crippen LogP) is 2.62. The Labute approximate surface area is 310 Å². The third-order valence-corrected chi connectivity index (χ3v) is 10.5. The summed E-state index contributed by atoms with van der Waals surface area (Å²) < 4.78 is 5.53. The van der Waals surface area contributed by atoms with Crippen LogP contribution in [0.2, 0.25) is 0 Å². The Kier molecular flexibility index (Phi) is 9.25. The third-order valence-electron chi connectivity index (χ3n) is 10.5. The van der Waals surface area contributed by atoms with E-state index in [2.05, 4.69) is 30.6 Å². The minimum atomic E-state index is -0.993. The summed E-state index contributed by atoms with van der Waals surface area (Å²) in [6, 6.07) is 21.0. The normalized spacial score (nSPS) is 19.1. The number of H-pyrrole nitrogens is 1. The van der Waals surface area contributed by atoms with Crippen molar-refractivity contribution in [2.75, 3.05) is 43.5 Å². The monoisotopic (exact) mass is 730 g/mol. The molecule has 0 radical (unpaired) electrons. The quantitative estimate of drug-likeness (QED) is 0.217. The van der Waals surface area contributed by atoms with Crippen LogP contribution in [0.25, 0.3) is 0 Å². The minimum Gasteiger partial charge on any atom is -0.369 e. The zero-order valence-corrected chi connectivity index (χ0v) is 29.5. The van der Waals surface area contributed by atoms with Crippen molar-refractivity contribution in [2.24, 2.45) is 0 Å². The van der Waals surface area contributed by atoms with Gasteiger partial charge in [-0.25, -0.2) is 0 Å². The van der Waals surface area contributed by atoms with Crippen molar-refractivity contribution in [3.63, 3.8) is 0 Å². The Balaban J connectivity index is 0.838. The Morgan fingerprint density at radius 3 is 2.37 bits per heavy atom. The predicted molar refractivity (Wildman–Crippen MR) is 194 cm³/mol. The average molecular weight is 731 g/mol. The van der Waals surface area contributed by atoms with Crippen molar-refractivity contribution >= 4 is 46.9 Å². The molecular weight excluding hydrogens is 692 g/mol. The van der Waals surface area contributed by atoms with Gasteiger partial charge < -0.3 is 19.9 Å². The van der Waals surface area contributed by atoms with Gasteiger partial charge in [-0.3, -0.25) is 49.0 Å². The van der Waals surface area contributed by atoms with Crippen LogP contribution in [0.5, 0.6) is 0 Å². The Morgan fingerprint density at radius 2 is 1.65 bits per heavy atom. The van der Waals surface area contributed by atoms with Gasteiger partial charge in [0, 0.05) is 63.1 Å². The van der Waals surface area contributed by atoms with Gasteiger partial charge >= 0.3 is 0 Å². The molecule has 1 unspecified atom stereocenters. The van der Waals surface area contributed by atoms with Crippen LogP contribution >= 0.6 is 0 Å². The summed E-state index contributed by atoms with van der Waals surface area (Å²) in [5.74, 6) is -2.15. The summed E-state index contributed by atoms with van der Waals surface area (Å²) in [6.07, 6.45) is -0.537. The van der Waals surface area contributed by atoms with E-state index in [1.165, 1.54) is 7.11 Å². The molecule has 0 spiro atoms. The molecule has 6 amide bonds. The number of fused-ring (bicyclic) bond motifs is 2. The van der Waals surface area contributed by atoms with E-state index in [1.807, 2.05) is 48.5 Å². The molecule has 276 valence electrons. The Bertz CT molecular complexity index is 2160. The fourth-order valence-corrected chi connectivity index (χ4v) is 7.61. The van der Waals surface area contributed by atoms with Crippen molar-refractivity contribution in [3.05, 3.63) is 112 Å². The zero-order chi connectivity index (χ0) is 37.5. The molecule has 2 fully saturated rings. The molecule has 4 aliphatic heterocycles.